The number of amides is 1. The summed E-state index contributed by atoms with van der Waals surface area (Å²) in [6.45, 7) is -0.520. The third-order valence-electron chi connectivity index (χ3n) is 3.34. The van der Waals surface area contributed by atoms with Crippen molar-refractivity contribution in [2.24, 2.45) is 0 Å². The molecule has 0 aliphatic rings. The average molecular weight is 345 g/mol. The van der Waals surface area contributed by atoms with Crippen molar-refractivity contribution in [3.63, 3.8) is 0 Å². The molecule has 0 unspecified atom stereocenters. The normalized spacial score (nSPS) is 10.7. The van der Waals surface area contributed by atoms with E-state index >= 15 is 0 Å². The van der Waals surface area contributed by atoms with Crippen LogP contribution in [0.25, 0.3) is 22.6 Å². The van der Waals surface area contributed by atoms with Crippen molar-refractivity contribution in [3.05, 3.63) is 47.6 Å². The second kappa shape index (κ2) is 6.67. The fraction of sp³-hybridized carbons (Fsp3) is 0.125. The van der Waals surface area contributed by atoms with Gasteiger partial charge in [-0.15, -0.1) is 0 Å². The Hall–Kier alpha value is -2.93. The number of nitrogens with zero attached hydrogens (tertiary/aromatic N) is 3. The van der Waals surface area contributed by atoms with Crippen LogP contribution in [0.1, 0.15) is 0 Å². The maximum atomic E-state index is 12.0. The summed E-state index contributed by atoms with van der Waals surface area (Å²) in [5.74, 6) is -0.974. The standard InChI is InChI=1S/C16H13ClN4O3/c17-11-5-3-10(4-6-11)15-20-12-2-1-7-18-16(12)21(15)9-13(22)19-8-14(23)24/h1-7H,8-9H2,(H,19,22)(H,23,24). The minimum atomic E-state index is -1.10. The zero-order chi connectivity index (χ0) is 17.1. The molecular formula is C16H13ClN4O3. The number of fused-ring (bicyclic) bond motifs is 1. The van der Waals surface area contributed by atoms with E-state index in [9.17, 15) is 9.59 Å². The van der Waals surface area contributed by atoms with Gasteiger partial charge in [0, 0.05) is 16.8 Å². The van der Waals surface area contributed by atoms with Crippen molar-refractivity contribution >= 4 is 34.6 Å². The van der Waals surface area contributed by atoms with Gasteiger partial charge in [-0.2, -0.15) is 0 Å². The van der Waals surface area contributed by atoms with E-state index in [4.69, 9.17) is 16.7 Å². The summed E-state index contributed by atoms with van der Waals surface area (Å²) in [7, 11) is 0. The number of hydrogen-bond acceptors (Lipinski definition) is 4. The first-order valence-electron chi connectivity index (χ1n) is 7.10. The number of nitrogens with one attached hydrogen (secondary N) is 1. The largest absolute Gasteiger partial charge is 0.480 e. The highest BCUT2D eigenvalue weighted by atomic mass is 35.5. The van der Waals surface area contributed by atoms with Crippen molar-refractivity contribution in [3.8, 4) is 11.4 Å². The number of aliphatic carboxylic acids is 1. The lowest BCUT2D eigenvalue weighted by Gasteiger charge is -2.09. The number of halogens is 1. The molecule has 0 bridgehead atoms. The number of carboxylic acid groups (broad SMARTS) is 1. The number of hydrogen-bond donors (Lipinski definition) is 2. The van der Waals surface area contributed by atoms with Gasteiger partial charge in [0.2, 0.25) is 5.91 Å². The van der Waals surface area contributed by atoms with E-state index in [1.807, 2.05) is 0 Å². The molecule has 2 aromatic heterocycles. The Morgan fingerprint density at radius 2 is 1.96 bits per heavy atom. The van der Waals surface area contributed by atoms with E-state index in [1.165, 1.54) is 0 Å². The van der Waals surface area contributed by atoms with Gasteiger partial charge >= 0.3 is 5.97 Å². The number of aromatic nitrogens is 3. The van der Waals surface area contributed by atoms with E-state index in [2.05, 4.69) is 15.3 Å². The molecule has 0 saturated carbocycles. The Bertz CT molecular complexity index is 905. The summed E-state index contributed by atoms with van der Waals surface area (Å²) in [6, 6.07) is 10.6. The number of imidazole rings is 1. The predicted molar refractivity (Wildman–Crippen MR) is 88.6 cm³/mol. The maximum Gasteiger partial charge on any atom is 0.322 e. The van der Waals surface area contributed by atoms with Crippen LogP contribution in [0.2, 0.25) is 5.02 Å². The number of pyridine rings is 1. The van der Waals surface area contributed by atoms with Crippen LogP contribution in [0.4, 0.5) is 0 Å². The van der Waals surface area contributed by atoms with Crippen LogP contribution >= 0.6 is 11.6 Å². The van der Waals surface area contributed by atoms with E-state index in [0.29, 0.717) is 22.0 Å². The molecule has 1 aromatic carbocycles. The van der Waals surface area contributed by atoms with Gasteiger partial charge in [-0.25, -0.2) is 9.97 Å². The summed E-state index contributed by atoms with van der Waals surface area (Å²) < 4.78 is 1.65. The van der Waals surface area contributed by atoms with Gasteiger partial charge in [0.05, 0.1) is 0 Å². The fourth-order valence-corrected chi connectivity index (χ4v) is 2.43. The lowest BCUT2D eigenvalue weighted by molar-refractivity contribution is -0.138. The molecule has 8 heteroatoms. The van der Waals surface area contributed by atoms with Crippen LogP contribution in [0.3, 0.4) is 0 Å². The summed E-state index contributed by atoms with van der Waals surface area (Å²) in [4.78, 5) is 31.4. The van der Waals surface area contributed by atoms with Gasteiger partial charge in [0.25, 0.3) is 0 Å². The fourth-order valence-electron chi connectivity index (χ4n) is 2.30. The van der Waals surface area contributed by atoms with Crippen LogP contribution < -0.4 is 5.32 Å². The molecule has 0 fully saturated rings. The number of rotatable bonds is 5. The van der Waals surface area contributed by atoms with Gasteiger partial charge < -0.3 is 10.4 Å². The van der Waals surface area contributed by atoms with E-state index in [1.54, 1.807) is 47.2 Å². The molecule has 3 rings (SSSR count). The van der Waals surface area contributed by atoms with Gasteiger partial charge in [0.1, 0.15) is 24.4 Å². The van der Waals surface area contributed by atoms with Crippen molar-refractivity contribution in [1.29, 1.82) is 0 Å². The summed E-state index contributed by atoms with van der Waals surface area (Å²) in [5, 5.41) is 11.6. The zero-order valence-corrected chi connectivity index (χ0v) is 13.2. The van der Waals surface area contributed by atoms with Gasteiger partial charge in [-0.3, -0.25) is 14.2 Å². The Balaban J connectivity index is 2.00. The molecule has 7 nitrogen and oxygen atoms in total. The smallest absolute Gasteiger partial charge is 0.322 e. The van der Waals surface area contributed by atoms with E-state index in [0.717, 1.165) is 5.56 Å². The summed E-state index contributed by atoms with van der Waals surface area (Å²) in [6.07, 6.45) is 1.61. The Kier molecular flexibility index (Phi) is 4.43. The second-order valence-corrected chi connectivity index (χ2v) is 5.48. The first kappa shape index (κ1) is 15.9. The van der Waals surface area contributed by atoms with Crippen LogP contribution in [0.15, 0.2) is 42.6 Å². The monoisotopic (exact) mass is 344 g/mol. The quantitative estimate of drug-likeness (QED) is 0.737. The van der Waals surface area contributed by atoms with Crippen molar-refractivity contribution in [2.75, 3.05) is 6.54 Å². The molecule has 2 heterocycles. The van der Waals surface area contributed by atoms with Crippen molar-refractivity contribution in [1.82, 2.24) is 19.9 Å². The molecule has 24 heavy (non-hydrogen) atoms. The third-order valence-corrected chi connectivity index (χ3v) is 3.60. The van der Waals surface area contributed by atoms with Gasteiger partial charge in [-0.05, 0) is 36.4 Å². The molecular weight excluding hydrogens is 332 g/mol. The topological polar surface area (TPSA) is 97.1 Å². The summed E-state index contributed by atoms with van der Waals surface area (Å²) in [5.41, 5.74) is 1.98. The molecule has 0 aliphatic heterocycles. The molecule has 0 atom stereocenters. The third kappa shape index (κ3) is 3.36. The molecule has 1 amide bonds. The molecule has 0 saturated heterocycles. The average Bonchev–Trinajstić information content (AvgIpc) is 2.92. The lowest BCUT2D eigenvalue weighted by Crippen LogP contribution is -2.32. The maximum absolute atomic E-state index is 12.0. The van der Waals surface area contributed by atoms with E-state index < -0.39 is 18.4 Å². The predicted octanol–water partition coefficient (Wildman–Crippen LogP) is 1.95. The van der Waals surface area contributed by atoms with Crippen LogP contribution in [-0.2, 0) is 16.1 Å². The minimum absolute atomic E-state index is 0.0846. The number of carboxylic acids is 1. The highest BCUT2D eigenvalue weighted by Crippen LogP contribution is 2.24. The van der Waals surface area contributed by atoms with Crippen LogP contribution in [0.5, 0.6) is 0 Å². The number of benzene rings is 1. The van der Waals surface area contributed by atoms with Crippen molar-refractivity contribution in [2.45, 2.75) is 6.54 Å². The first-order valence-corrected chi connectivity index (χ1v) is 7.48. The van der Waals surface area contributed by atoms with Gasteiger partial charge in [0.15, 0.2) is 5.65 Å². The second-order valence-electron chi connectivity index (χ2n) is 5.05. The molecule has 0 aliphatic carbocycles. The van der Waals surface area contributed by atoms with E-state index in [-0.39, 0.29) is 6.54 Å². The summed E-state index contributed by atoms with van der Waals surface area (Å²) >= 11 is 5.91. The van der Waals surface area contributed by atoms with Crippen LogP contribution in [0, 0.1) is 0 Å². The minimum Gasteiger partial charge on any atom is -0.480 e. The Labute approximate surface area is 141 Å². The highest BCUT2D eigenvalue weighted by molar-refractivity contribution is 6.30. The van der Waals surface area contributed by atoms with Gasteiger partial charge in [-0.1, -0.05) is 11.6 Å². The molecule has 0 radical (unpaired) electrons. The highest BCUT2D eigenvalue weighted by Gasteiger charge is 2.16. The molecule has 3 aromatic rings. The Morgan fingerprint density at radius 1 is 1.21 bits per heavy atom. The zero-order valence-electron chi connectivity index (χ0n) is 12.4. The Morgan fingerprint density at radius 3 is 2.67 bits per heavy atom. The molecule has 2 N–H and O–H groups in total. The number of carbonyl (C=O) groups is 2. The lowest BCUT2D eigenvalue weighted by atomic mass is 10.2. The first-order chi connectivity index (χ1) is 11.5. The van der Waals surface area contributed by atoms with Crippen molar-refractivity contribution < 1.29 is 14.7 Å². The molecule has 0 spiro atoms. The van der Waals surface area contributed by atoms with Crippen LogP contribution in [-0.4, -0.2) is 38.1 Å². The SMILES string of the molecule is O=C(O)CNC(=O)Cn1c(-c2ccc(Cl)cc2)nc2cccnc21. The number of carbonyl (C=O) groups excluding carboxylic acids is 1. The molecule has 122 valence electrons.